The summed E-state index contributed by atoms with van der Waals surface area (Å²) in [6, 6.07) is 7.73. The number of benzene rings is 1. The number of halogens is 1. The van der Waals surface area contributed by atoms with Gasteiger partial charge in [0, 0.05) is 29.1 Å². The summed E-state index contributed by atoms with van der Waals surface area (Å²) < 4.78 is 6.74. The number of fused-ring (bicyclic) bond motifs is 1. The van der Waals surface area contributed by atoms with Crippen LogP contribution in [0, 0.1) is 17.8 Å². The molecule has 0 radical (unpaired) electrons. The van der Waals surface area contributed by atoms with Crippen LogP contribution in [0.25, 0.3) is 0 Å². The number of alkyl halides is 1. The van der Waals surface area contributed by atoms with Crippen molar-refractivity contribution in [1.82, 2.24) is 9.80 Å². The Morgan fingerprint density at radius 3 is 2.37 bits per heavy atom. The van der Waals surface area contributed by atoms with Gasteiger partial charge in [0.05, 0.1) is 30.6 Å². The van der Waals surface area contributed by atoms with Gasteiger partial charge in [-0.25, -0.2) is 0 Å². The summed E-state index contributed by atoms with van der Waals surface area (Å²) in [5.74, 6) is -2.54. The van der Waals surface area contributed by atoms with Gasteiger partial charge in [-0.05, 0) is 45.2 Å². The van der Waals surface area contributed by atoms with Crippen molar-refractivity contribution in [3.05, 3.63) is 55.6 Å². The second-order valence-electron chi connectivity index (χ2n) is 12.5. The number of rotatable bonds is 11. The first-order chi connectivity index (χ1) is 19.4. The fourth-order valence-electron chi connectivity index (χ4n) is 7.01. The lowest BCUT2D eigenvalue weighted by Crippen LogP contribution is -2.62. The van der Waals surface area contributed by atoms with Crippen LogP contribution < -0.4 is 4.90 Å². The van der Waals surface area contributed by atoms with Crippen LogP contribution in [0.4, 0.5) is 5.69 Å². The van der Waals surface area contributed by atoms with E-state index < -0.39 is 41.2 Å². The molecule has 3 saturated heterocycles. The van der Waals surface area contributed by atoms with Crippen LogP contribution in [0.1, 0.15) is 47.5 Å². The largest absolute Gasteiger partial charge is 0.394 e. The molecule has 2 bridgehead atoms. The van der Waals surface area contributed by atoms with Crippen LogP contribution >= 0.6 is 15.9 Å². The number of nitrogens with zero attached hydrogens (tertiary/aromatic N) is 3. The number of anilines is 1. The van der Waals surface area contributed by atoms with Crippen LogP contribution in [0.2, 0.25) is 0 Å². The Hall–Kier alpha value is -2.49. The zero-order chi connectivity index (χ0) is 30.3. The van der Waals surface area contributed by atoms with Gasteiger partial charge >= 0.3 is 0 Å². The highest BCUT2D eigenvalue weighted by molar-refractivity contribution is 9.09. The SMILES string of the molecule is C=CCN(C(=O)[C@H]1[C@@H]2OC3(CC2Br)C(C(=O)N(CC=C)C(C)(C)C)N([C@@H](CO)[C@@H](C)CC)C(=O)[C@H]13)c1ccccc1. The molecule has 3 heterocycles. The summed E-state index contributed by atoms with van der Waals surface area (Å²) in [5.41, 5.74) is -1.07. The molecule has 0 aromatic heterocycles. The van der Waals surface area contributed by atoms with Crippen LogP contribution in [0.3, 0.4) is 0 Å². The molecule has 3 aliphatic heterocycles. The summed E-state index contributed by atoms with van der Waals surface area (Å²) in [5, 5.41) is 10.6. The molecular weight excluding hydrogens is 586 g/mol. The van der Waals surface area contributed by atoms with E-state index in [-0.39, 0.29) is 41.6 Å². The van der Waals surface area contributed by atoms with Crippen molar-refractivity contribution in [2.45, 2.75) is 81.6 Å². The second-order valence-corrected chi connectivity index (χ2v) is 13.7. The van der Waals surface area contributed by atoms with Crippen molar-refractivity contribution >= 4 is 39.3 Å². The van der Waals surface area contributed by atoms with E-state index in [1.807, 2.05) is 65.0 Å². The molecule has 9 heteroatoms. The van der Waals surface area contributed by atoms with E-state index in [2.05, 4.69) is 29.1 Å². The van der Waals surface area contributed by atoms with E-state index in [0.29, 0.717) is 25.1 Å². The first kappa shape index (κ1) is 31.4. The summed E-state index contributed by atoms with van der Waals surface area (Å²) >= 11 is 3.76. The maximum absolute atomic E-state index is 14.6. The van der Waals surface area contributed by atoms with E-state index in [1.165, 1.54) is 0 Å². The van der Waals surface area contributed by atoms with Gasteiger partial charge in [-0.3, -0.25) is 14.4 Å². The van der Waals surface area contributed by atoms with E-state index in [4.69, 9.17) is 4.74 Å². The molecule has 224 valence electrons. The maximum Gasteiger partial charge on any atom is 0.249 e. The number of ether oxygens (including phenoxy) is 1. The smallest absolute Gasteiger partial charge is 0.249 e. The zero-order valence-corrected chi connectivity index (χ0v) is 26.4. The molecule has 1 spiro atoms. The first-order valence-corrected chi connectivity index (χ1v) is 15.5. The van der Waals surface area contributed by atoms with Crippen LogP contribution in [-0.4, -0.2) is 86.5 Å². The van der Waals surface area contributed by atoms with E-state index in [9.17, 15) is 19.5 Å². The Balaban J connectivity index is 1.87. The average molecular weight is 631 g/mol. The molecule has 0 saturated carbocycles. The fourth-order valence-corrected chi connectivity index (χ4v) is 7.95. The minimum atomic E-state index is -1.21. The normalized spacial score (nSPS) is 30.1. The van der Waals surface area contributed by atoms with Crippen molar-refractivity contribution in [3.63, 3.8) is 0 Å². The Morgan fingerprint density at radius 2 is 1.83 bits per heavy atom. The molecule has 3 aliphatic rings. The number of para-hydroxylation sites is 1. The Morgan fingerprint density at radius 1 is 1.20 bits per heavy atom. The van der Waals surface area contributed by atoms with Crippen LogP contribution in [0.15, 0.2) is 55.6 Å². The first-order valence-electron chi connectivity index (χ1n) is 14.5. The molecule has 8 atom stereocenters. The number of carbonyl (C=O) groups is 3. The fraction of sp³-hybridized carbons (Fsp3) is 0.594. The van der Waals surface area contributed by atoms with Crippen molar-refractivity contribution in [3.8, 4) is 0 Å². The predicted molar refractivity (Wildman–Crippen MR) is 164 cm³/mol. The van der Waals surface area contributed by atoms with Gasteiger partial charge in [0.25, 0.3) is 0 Å². The molecule has 1 aromatic carbocycles. The number of amides is 3. The number of hydrogen-bond donors (Lipinski definition) is 1. The summed E-state index contributed by atoms with van der Waals surface area (Å²) in [6.45, 7) is 17.8. The molecule has 3 unspecified atom stereocenters. The number of hydrogen-bond acceptors (Lipinski definition) is 5. The molecule has 1 aromatic rings. The molecule has 4 rings (SSSR count). The van der Waals surface area contributed by atoms with E-state index in [1.54, 1.807) is 26.9 Å². The highest BCUT2D eigenvalue weighted by atomic mass is 79.9. The topological polar surface area (TPSA) is 90.4 Å². The maximum atomic E-state index is 14.6. The third kappa shape index (κ3) is 5.19. The van der Waals surface area contributed by atoms with Crippen molar-refractivity contribution < 1.29 is 24.2 Å². The van der Waals surface area contributed by atoms with Gasteiger partial charge < -0.3 is 24.5 Å². The average Bonchev–Trinajstić information content (AvgIpc) is 3.53. The molecule has 3 fully saturated rings. The van der Waals surface area contributed by atoms with Gasteiger partial charge in [-0.2, -0.15) is 0 Å². The van der Waals surface area contributed by atoms with Gasteiger partial charge in [-0.15, -0.1) is 13.2 Å². The molecular formula is C32H44BrN3O5. The van der Waals surface area contributed by atoms with Gasteiger partial charge in [0.1, 0.15) is 11.6 Å². The molecule has 41 heavy (non-hydrogen) atoms. The van der Waals surface area contributed by atoms with E-state index >= 15 is 0 Å². The van der Waals surface area contributed by atoms with E-state index in [0.717, 1.165) is 0 Å². The molecule has 3 amide bonds. The van der Waals surface area contributed by atoms with Crippen LogP contribution in [-0.2, 0) is 19.1 Å². The Labute approximate surface area is 252 Å². The molecule has 8 nitrogen and oxygen atoms in total. The van der Waals surface area contributed by atoms with Gasteiger partial charge in [0.15, 0.2) is 0 Å². The number of aliphatic hydroxyl groups excluding tert-OH is 1. The molecule has 1 N–H and O–H groups in total. The third-order valence-electron chi connectivity index (χ3n) is 9.12. The Bertz CT molecular complexity index is 1170. The van der Waals surface area contributed by atoms with Crippen molar-refractivity contribution in [2.75, 3.05) is 24.6 Å². The minimum absolute atomic E-state index is 0.0790. The number of likely N-dealkylation sites (tertiary alicyclic amines) is 1. The highest BCUT2D eigenvalue weighted by Gasteiger charge is 2.77. The third-order valence-corrected chi connectivity index (χ3v) is 9.97. The predicted octanol–water partition coefficient (Wildman–Crippen LogP) is 4.17. The number of aliphatic hydroxyl groups is 1. The molecule has 0 aliphatic carbocycles. The monoisotopic (exact) mass is 629 g/mol. The number of carbonyl (C=O) groups excluding carboxylic acids is 3. The van der Waals surface area contributed by atoms with Gasteiger partial charge in [-0.1, -0.05) is 66.5 Å². The van der Waals surface area contributed by atoms with Crippen molar-refractivity contribution in [1.29, 1.82) is 0 Å². The second kappa shape index (κ2) is 12.0. The highest BCUT2D eigenvalue weighted by Crippen LogP contribution is 2.61. The summed E-state index contributed by atoms with van der Waals surface area (Å²) in [6.07, 6.45) is 3.87. The lowest BCUT2D eigenvalue weighted by molar-refractivity contribution is -0.155. The lowest BCUT2D eigenvalue weighted by atomic mass is 9.70. The van der Waals surface area contributed by atoms with Crippen LogP contribution in [0.5, 0.6) is 0 Å². The van der Waals surface area contributed by atoms with Crippen molar-refractivity contribution in [2.24, 2.45) is 17.8 Å². The Kier molecular flexibility index (Phi) is 9.21. The zero-order valence-electron chi connectivity index (χ0n) is 24.8. The summed E-state index contributed by atoms with van der Waals surface area (Å²) in [4.78, 5) is 48.4. The quantitative estimate of drug-likeness (QED) is 0.293. The summed E-state index contributed by atoms with van der Waals surface area (Å²) in [7, 11) is 0. The lowest BCUT2D eigenvalue weighted by Gasteiger charge is -2.44. The minimum Gasteiger partial charge on any atom is -0.394 e. The standard InChI is InChI=1S/C32H44BrN3O5/c1-8-16-34(21-14-12-11-13-15-21)28(38)24-25-29(39)36(23(19-37)20(4)10-3)27(32(25)18-22(33)26(24)41-32)30(40)35(17-9-2)31(5,6)7/h8-9,11-15,20,22-27,37H,1-2,10,16-19H2,3-7H3/t20-,22?,23-,24+,25-,26+,27?,32?/m0/s1. The van der Waals surface area contributed by atoms with Gasteiger partial charge in [0.2, 0.25) is 17.7 Å².